The fourth-order valence-electron chi connectivity index (χ4n) is 3.51. The molecule has 0 saturated carbocycles. The van der Waals surface area contributed by atoms with Crippen LogP contribution in [0, 0.1) is 0 Å². The maximum absolute atomic E-state index is 12.3. The Morgan fingerprint density at radius 3 is 2.22 bits per heavy atom. The van der Waals surface area contributed by atoms with Crippen molar-refractivity contribution in [1.29, 1.82) is 0 Å². The van der Waals surface area contributed by atoms with Gasteiger partial charge in [-0.15, -0.1) is 0 Å². The minimum absolute atomic E-state index is 0.00954. The van der Waals surface area contributed by atoms with Crippen LogP contribution >= 0.6 is 0 Å². The van der Waals surface area contributed by atoms with Crippen LogP contribution in [0.3, 0.4) is 0 Å². The van der Waals surface area contributed by atoms with Crippen LogP contribution in [0.25, 0.3) is 0 Å². The molecule has 10 nitrogen and oxygen atoms in total. The van der Waals surface area contributed by atoms with E-state index in [4.69, 9.17) is 10.5 Å². The fourth-order valence-corrected chi connectivity index (χ4v) is 3.51. The average molecular weight is 501 g/mol. The number of unbranched alkanes of at least 4 members (excludes halogenated alkanes) is 1. The van der Waals surface area contributed by atoms with E-state index in [0.29, 0.717) is 25.8 Å². The fraction of sp³-hybridized carbons (Fsp3) is 0.423. The van der Waals surface area contributed by atoms with E-state index in [9.17, 15) is 24.6 Å². The first-order valence-electron chi connectivity index (χ1n) is 12.0. The van der Waals surface area contributed by atoms with Crippen molar-refractivity contribution >= 4 is 18.1 Å². The number of ether oxygens (including phenoxy) is 1. The molecule has 2 atom stereocenters. The molecule has 2 aromatic carbocycles. The van der Waals surface area contributed by atoms with Crippen LogP contribution in [0.15, 0.2) is 60.7 Å². The summed E-state index contributed by atoms with van der Waals surface area (Å²) in [7, 11) is 0. The second-order valence-corrected chi connectivity index (χ2v) is 8.49. The van der Waals surface area contributed by atoms with Gasteiger partial charge < -0.3 is 36.2 Å². The second kappa shape index (κ2) is 16.1. The van der Waals surface area contributed by atoms with E-state index in [1.165, 1.54) is 4.90 Å². The lowest BCUT2D eigenvalue weighted by Gasteiger charge is -2.21. The van der Waals surface area contributed by atoms with Gasteiger partial charge in [0.15, 0.2) is 0 Å². The molecule has 0 fully saturated rings. The van der Waals surface area contributed by atoms with Crippen LogP contribution in [0.5, 0.6) is 0 Å². The Bertz CT molecular complexity index is 929. The predicted molar refractivity (Wildman–Crippen MR) is 135 cm³/mol. The molecule has 6 N–H and O–H groups in total. The zero-order valence-corrected chi connectivity index (χ0v) is 20.3. The summed E-state index contributed by atoms with van der Waals surface area (Å²) in [6.45, 7) is 0.756. The van der Waals surface area contributed by atoms with Gasteiger partial charge in [-0.1, -0.05) is 60.7 Å². The Morgan fingerprint density at radius 2 is 1.61 bits per heavy atom. The largest absolute Gasteiger partial charge is 0.465 e. The molecule has 2 rings (SSSR count). The van der Waals surface area contributed by atoms with E-state index in [-0.39, 0.29) is 38.6 Å². The maximum atomic E-state index is 12.3. The van der Waals surface area contributed by atoms with Crippen LogP contribution in [0.1, 0.15) is 36.8 Å². The smallest absolute Gasteiger partial charge is 0.407 e. The topological polar surface area (TPSA) is 154 Å². The van der Waals surface area contributed by atoms with Crippen molar-refractivity contribution in [1.82, 2.24) is 15.5 Å². The molecule has 1 unspecified atom stereocenters. The normalized spacial score (nSPS) is 12.3. The van der Waals surface area contributed by atoms with Crippen LogP contribution < -0.4 is 16.4 Å². The highest BCUT2D eigenvalue weighted by Crippen LogP contribution is 2.10. The molecule has 0 bridgehead atoms. The summed E-state index contributed by atoms with van der Waals surface area (Å²) in [5.74, 6) is -0.341. The number of nitrogens with one attached hydrogen (secondary N) is 2. The number of nitrogens with zero attached hydrogens (tertiary/aromatic N) is 1. The zero-order valence-electron chi connectivity index (χ0n) is 20.3. The van der Waals surface area contributed by atoms with E-state index in [0.717, 1.165) is 11.1 Å². The lowest BCUT2D eigenvalue weighted by atomic mass is 10.1. The minimum Gasteiger partial charge on any atom is -0.465 e. The van der Waals surface area contributed by atoms with Gasteiger partial charge in [0.05, 0.1) is 6.10 Å². The predicted octanol–water partition coefficient (Wildman–Crippen LogP) is 2.46. The van der Waals surface area contributed by atoms with E-state index in [1.54, 1.807) is 0 Å². The molecule has 0 aliphatic rings. The number of amides is 3. The van der Waals surface area contributed by atoms with Gasteiger partial charge in [-0.2, -0.15) is 0 Å². The quantitative estimate of drug-likeness (QED) is 0.235. The zero-order chi connectivity index (χ0) is 26.2. The molecule has 0 heterocycles. The molecule has 0 radical (unpaired) electrons. The number of nitrogens with two attached hydrogens (primary N) is 1. The average Bonchev–Trinajstić information content (AvgIpc) is 2.88. The van der Waals surface area contributed by atoms with Gasteiger partial charge in [0, 0.05) is 38.6 Å². The van der Waals surface area contributed by atoms with Crippen molar-refractivity contribution in [3.8, 4) is 0 Å². The Morgan fingerprint density at radius 1 is 0.972 bits per heavy atom. The number of rotatable bonds is 15. The van der Waals surface area contributed by atoms with E-state index in [1.807, 2.05) is 60.7 Å². The monoisotopic (exact) mass is 500 g/mol. The van der Waals surface area contributed by atoms with Crippen molar-refractivity contribution in [2.45, 2.75) is 51.0 Å². The third-order valence-corrected chi connectivity index (χ3v) is 5.49. The van der Waals surface area contributed by atoms with Crippen molar-refractivity contribution in [2.24, 2.45) is 5.73 Å². The Labute approximate surface area is 211 Å². The van der Waals surface area contributed by atoms with Gasteiger partial charge >= 0.3 is 12.2 Å². The molecule has 10 heteroatoms. The maximum Gasteiger partial charge on any atom is 0.407 e. The number of benzene rings is 2. The summed E-state index contributed by atoms with van der Waals surface area (Å²) >= 11 is 0. The van der Waals surface area contributed by atoms with E-state index >= 15 is 0 Å². The van der Waals surface area contributed by atoms with Crippen molar-refractivity contribution in [2.75, 3.05) is 19.6 Å². The van der Waals surface area contributed by atoms with Gasteiger partial charge in [0.2, 0.25) is 5.91 Å². The number of carboxylic acid groups (broad SMARTS) is 1. The molecule has 2 aromatic rings. The molecular formula is C26H36N4O6. The molecule has 3 amide bonds. The van der Waals surface area contributed by atoms with Gasteiger partial charge in [-0.25, -0.2) is 9.59 Å². The lowest BCUT2D eigenvalue weighted by molar-refractivity contribution is -0.122. The van der Waals surface area contributed by atoms with Gasteiger partial charge in [0.25, 0.3) is 0 Å². The summed E-state index contributed by atoms with van der Waals surface area (Å²) in [5, 5.41) is 24.4. The molecular weight excluding hydrogens is 464 g/mol. The van der Waals surface area contributed by atoms with E-state index in [2.05, 4.69) is 10.6 Å². The Kier molecular flexibility index (Phi) is 12.8. The summed E-state index contributed by atoms with van der Waals surface area (Å²) in [4.78, 5) is 37.6. The highest BCUT2D eigenvalue weighted by Gasteiger charge is 2.19. The molecule has 0 saturated heterocycles. The van der Waals surface area contributed by atoms with Gasteiger partial charge in [-0.3, -0.25) is 4.79 Å². The van der Waals surface area contributed by atoms with E-state index < -0.39 is 24.3 Å². The summed E-state index contributed by atoms with van der Waals surface area (Å²) in [6, 6.07) is 18.1. The molecule has 0 aromatic heterocycles. The van der Waals surface area contributed by atoms with Crippen molar-refractivity contribution in [3.05, 3.63) is 71.8 Å². The summed E-state index contributed by atoms with van der Waals surface area (Å²) < 4.78 is 5.27. The number of hydrogen-bond donors (Lipinski definition) is 5. The number of carbonyl (C=O) groups excluding carboxylic acids is 2. The molecule has 196 valence electrons. The highest BCUT2D eigenvalue weighted by molar-refractivity contribution is 5.77. The Hall–Kier alpha value is -3.63. The van der Waals surface area contributed by atoms with Gasteiger partial charge in [-0.05, 0) is 30.4 Å². The van der Waals surface area contributed by atoms with Crippen LogP contribution in [-0.4, -0.2) is 65.0 Å². The molecule has 36 heavy (non-hydrogen) atoms. The first kappa shape index (κ1) is 28.6. The SMILES string of the molecule is NCC(O)CNC(=O)C[C@H](CCCCN(Cc1ccccc1)C(=O)O)NC(=O)OCc1ccccc1. The number of aliphatic hydroxyl groups is 1. The number of carbonyl (C=O) groups is 3. The third kappa shape index (κ3) is 11.7. The number of hydrogen-bond acceptors (Lipinski definition) is 6. The highest BCUT2D eigenvalue weighted by atomic mass is 16.5. The van der Waals surface area contributed by atoms with Crippen LogP contribution in [-0.2, 0) is 22.7 Å². The molecule has 0 spiro atoms. The molecule has 0 aliphatic heterocycles. The number of aliphatic hydroxyl groups excluding tert-OH is 1. The molecule has 0 aliphatic carbocycles. The van der Waals surface area contributed by atoms with Crippen LogP contribution in [0.4, 0.5) is 9.59 Å². The summed E-state index contributed by atoms with van der Waals surface area (Å²) in [5.41, 5.74) is 7.10. The second-order valence-electron chi connectivity index (χ2n) is 8.49. The van der Waals surface area contributed by atoms with Crippen molar-refractivity contribution < 1.29 is 29.3 Å². The van der Waals surface area contributed by atoms with Gasteiger partial charge in [0.1, 0.15) is 6.61 Å². The minimum atomic E-state index is -1.00. The Balaban J connectivity index is 1.86. The first-order valence-corrected chi connectivity index (χ1v) is 12.0. The lowest BCUT2D eigenvalue weighted by Crippen LogP contribution is -2.42. The third-order valence-electron chi connectivity index (χ3n) is 5.49. The van der Waals surface area contributed by atoms with Crippen LogP contribution in [0.2, 0.25) is 0 Å². The first-order chi connectivity index (χ1) is 17.4. The number of alkyl carbamates (subject to hydrolysis) is 1. The van der Waals surface area contributed by atoms with Crippen molar-refractivity contribution in [3.63, 3.8) is 0 Å². The summed E-state index contributed by atoms with van der Waals surface area (Å²) in [6.07, 6.45) is -0.907. The standard InChI is InChI=1S/C26H36N4O6/c27-16-23(31)17-28-24(32)15-22(29-25(33)36-19-21-11-5-2-6-12-21)13-7-8-14-30(26(34)35)18-20-9-3-1-4-10-20/h1-6,9-12,22-23,31H,7-8,13-19,27H2,(H,28,32)(H,29,33)(H,34,35)/t22-,23?/m0/s1.